The smallest absolute Gasteiger partial charge is 0.208 e. The van der Waals surface area contributed by atoms with Crippen molar-refractivity contribution in [2.45, 2.75) is 25.6 Å². The van der Waals surface area contributed by atoms with Gasteiger partial charge in [0, 0.05) is 55.5 Å². The van der Waals surface area contributed by atoms with Crippen molar-refractivity contribution >= 4 is 20.9 Å². The maximum atomic E-state index is 11.3. The van der Waals surface area contributed by atoms with Gasteiger partial charge in [-0.3, -0.25) is 4.90 Å². The summed E-state index contributed by atoms with van der Waals surface area (Å²) in [6, 6.07) is 8.66. The summed E-state index contributed by atoms with van der Waals surface area (Å²) in [4.78, 5) is 9.96. The fourth-order valence-electron chi connectivity index (χ4n) is 3.75. The van der Waals surface area contributed by atoms with Gasteiger partial charge in [-0.15, -0.1) is 0 Å². The highest BCUT2D eigenvalue weighted by Crippen LogP contribution is 2.26. The number of sulfonamides is 1. The van der Waals surface area contributed by atoms with Gasteiger partial charge in [0.1, 0.15) is 0 Å². The first-order valence-electron chi connectivity index (χ1n) is 8.72. The Labute approximate surface area is 153 Å². The van der Waals surface area contributed by atoms with Gasteiger partial charge in [-0.2, -0.15) is 0 Å². The molecular weight excluding hydrogens is 350 g/mol. The van der Waals surface area contributed by atoms with E-state index < -0.39 is 10.0 Å². The van der Waals surface area contributed by atoms with Gasteiger partial charge < -0.3 is 9.55 Å². The Morgan fingerprint density at radius 3 is 3.08 bits per heavy atom. The Morgan fingerprint density at radius 2 is 2.23 bits per heavy atom. The molecule has 0 spiro atoms. The summed E-state index contributed by atoms with van der Waals surface area (Å²) in [6.45, 7) is 3.01. The van der Waals surface area contributed by atoms with Gasteiger partial charge in [0.05, 0.1) is 18.3 Å². The number of benzene rings is 1. The molecule has 3 heterocycles. The van der Waals surface area contributed by atoms with Crippen LogP contribution in [0.15, 0.2) is 43.0 Å². The number of aromatic amines is 1. The molecule has 0 saturated heterocycles. The van der Waals surface area contributed by atoms with Gasteiger partial charge in [-0.1, -0.05) is 12.1 Å². The van der Waals surface area contributed by atoms with E-state index in [2.05, 4.69) is 48.4 Å². The van der Waals surface area contributed by atoms with Gasteiger partial charge in [-0.25, -0.2) is 18.1 Å². The van der Waals surface area contributed by atoms with Crippen LogP contribution >= 0.6 is 0 Å². The lowest BCUT2D eigenvalue weighted by molar-refractivity contribution is 0.173. The quantitative estimate of drug-likeness (QED) is 0.691. The number of rotatable bonds is 6. The van der Waals surface area contributed by atoms with Gasteiger partial charge in [0.25, 0.3) is 0 Å². The van der Waals surface area contributed by atoms with E-state index in [1.165, 1.54) is 22.9 Å². The first kappa shape index (κ1) is 17.3. The fourth-order valence-corrected chi connectivity index (χ4v) is 4.24. The Balaban J connectivity index is 1.51. The van der Waals surface area contributed by atoms with Crippen LogP contribution in [0.3, 0.4) is 0 Å². The van der Waals surface area contributed by atoms with E-state index in [1.807, 2.05) is 18.7 Å². The largest absolute Gasteiger partial charge is 0.361 e. The molecule has 2 aromatic heterocycles. The highest BCUT2D eigenvalue weighted by molar-refractivity contribution is 7.88. The lowest BCUT2D eigenvalue weighted by Gasteiger charge is -2.34. The normalized spacial score (nSPS) is 18.3. The van der Waals surface area contributed by atoms with Crippen molar-refractivity contribution in [3.63, 3.8) is 0 Å². The maximum absolute atomic E-state index is 11.3. The summed E-state index contributed by atoms with van der Waals surface area (Å²) >= 11 is 0. The van der Waals surface area contributed by atoms with Crippen molar-refractivity contribution in [1.29, 1.82) is 0 Å². The third-order valence-corrected chi connectivity index (χ3v) is 5.64. The number of hydrogen-bond donors (Lipinski definition) is 2. The summed E-state index contributed by atoms with van der Waals surface area (Å²) in [5, 5.41) is 1.25. The Kier molecular flexibility index (Phi) is 4.56. The van der Waals surface area contributed by atoms with Crippen molar-refractivity contribution in [3.8, 4) is 0 Å². The minimum absolute atomic E-state index is 0.209. The van der Waals surface area contributed by atoms with Crippen molar-refractivity contribution in [1.82, 2.24) is 24.2 Å². The molecule has 7 nitrogen and oxygen atoms in total. The van der Waals surface area contributed by atoms with Crippen LogP contribution in [-0.2, 0) is 23.1 Å². The van der Waals surface area contributed by atoms with Crippen LogP contribution in [0.1, 0.15) is 23.7 Å². The molecule has 0 unspecified atom stereocenters. The molecule has 138 valence electrons. The number of nitrogens with one attached hydrogen (secondary N) is 2. The van der Waals surface area contributed by atoms with Crippen LogP contribution < -0.4 is 4.72 Å². The SMILES string of the molecule is CS(=O)(=O)NCC[C@@H]1CN(Cc2cccc3[nH]ccc23)Cc2cncn21. The van der Waals surface area contributed by atoms with Crippen LogP contribution in [0.25, 0.3) is 10.9 Å². The Hall–Kier alpha value is -2.16. The first-order valence-corrected chi connectivity index (χ1v) is 10.6. The molecular formula is C18H23N5O2S. The molecule has 8 heteroatoms. The third kappa shape index (κ3) is 3.67. The Morgan fingerprint density at radius 1 is 1.35 bits per heavy atom. The van der Waals surface area contributed by atoms with Gasteiger partial charge in [0.2, 0.25) is 10.0 Å². The molecule has 4 rings (SSSR count). The fraction of sp³-hybridized carbons (Fsp3) is 0.389. The number of fused-ring (bicyclic) bond motifs is 2. The van der Waals surface area contributed by atoms with Crippen LogP contribution in [-0.4, -0.2) is 47.2 Å². The minimum atomic E-state index is -3.16. The summed E-state index contributed by atoms with van der Waals surface area (Å²) in [5.74, 6) is 0. The zero-order valence-corrected chi connectivity index (χ0v) is 15.5. The van der Waals surface area contributed by atoms with Crippen molar-refractivity contribution < 1.29 is 8.42 Å². The van der Waals surface area contributed by atoms with Crippen LogP contribution in [0, 0.1) is 0 Å². The second kappa shape index (κ2) is 6.86. The van der Waals surface area contributed by atoms with Crippen molar-refractivity contribution in [2.24, 2.45) is 0 Å². The van der Waals surface area contributed by atoms with Crippen LogP contribution in [0.2, 0.25) is 0 Å². The van der Waals surface area contributed by atoms with Gasteiger partial charge in [-0.05, 0) is 24.1 Å². The van der Waals surface area contributed by atoms with E-state index in [9.17, 15) is 8.42 Å². The molecule has 1 aliphatic rings. The molecule has 0 aliphatic carbocycles. The summed E-state index contributed by atoms with van der Waals surface area (Å²) in [6.07, 6.45) is 7.66. The van der Waals surface area contributed by atoms with E-state index >= 15 is 0 Å². The van der Waals surface area contributed by atoms with E-state index in [-0.39, 0.29) is 6.04 Å². The standard InChI is InChI=1S/C18H23N5O2S/c1-26(24,25)21-8-5-15-11-22(12-16-9-19-13-23(15)16)10-14-3-2-4-18-17(14)6-7-20-18/h2-4,6-7,9,13,15,20-21H,5,8,10-12H2,1H3/t15-/m1/s1. The lowest BCUT2D eigenvalue weighted by Crippen LogP contribution is -2.38. The van der Waals surface area contributed by atoms with Crippen molar-refractivity contribution in [2.75, 3.05) is 19.3 Å². The molecule has 3 aromatic rings. The number of aromatic nitrogens is 3. The van der Waals surface area contributed by atoms with Crippen LogP contribution in [0.5, 0.6) is 0 Å². The van der Waals surface area contributed by atoms with Gasteiger partial charge >= 0.3 is 0 Å². The maximum Gasteiger partial charge on any atom is 0.208 e. The Bertz CT molecular complexity index is 1010. The molecule has 1 aromatic carbocycles. The first-order chi connectivity index (χ1) is 12.5. The molecule has 0 amide bonds. The predicted molar refractivity (Wildman–Crippen MR) is 101 cm³/mol. The van der Waals surface area contributed by atoms with E-state index in [1.54, 1.807) is 0 Å². The molecule has 0 bridgehead atoms. The summed E-state index contributed by atoms with van der Waals surface area (Å²) in [5.41, 5.74) is 3.62. The average molecular weight is 373 g/mol. The highest BCUT2D eigenvalue weighted by atomic mass is 32.2. The van der Waals surface area contributed by atoms with E-state index in [0.29, 0.717) is 6.54 Å². The zero-order chi connectivity index (χ0) is 18.1. The lowest BCUT2D eigenvalue weighted by atomic mass is 10.1. The third-order valence-electron chi connectivity index (χ3n) is 4.92. The minimum Gasteiger partial charge on any atom is -0.361 e. The van der Waals surface area contributed by atoms with E-state index in [0.717, 1.165) is 31.6 Å². The monoisotopic (exact) mass is 373 g/mol. The number of imidazole rings is 1. The average Bonchev–Trinajstić information content (AvgIpc) is 3.22. The molecule has 2 N–H and O–H groups in total. The second-order valence-electron chi connectivity index (χ2n) is 6.93. The number of hydrogen-bond acceptors (Lipinski definition) is 4. The molecule has 0 fully saturated rings. The summed E-state index contributed by atoms with van der Waals surface area (Å²) < 4.78 is 27.4. The number of H-pyrrole nitrogens is 1. The molecule has 1 aliphatic heterocycles. The zero-order valence-electron chi connectivity index (χ0n) is 14.7. The molecule has 26 heavy (non-hydrogen) atoms. The van der Waals surface area contributed by atoms with Gasteiger partial charge in [0.15, 0.2) is 0 Å². The topological polar surface area (TPSA) is 83.0 Å². The molecule has 0 radical (unpaired) electrons. The highest BCUT2D eigenvalue weighted by Gasteiger charge is 2.25. The second-order valence-corrected chi connectivity index (χ2v) is 8.76. The molecule has 1 atom stereocenters. The number of nitrogens with zero attached hydrogens (tertiary/aromatic N) is 3. The molecule has 0 saturated carbocycles. The predicted octanol–water partition coefficient (Wildman–Crippen LogP) is 1.86. The van der Waals surface area contributed by atoms with Crippen molar-refractivity contribution in [3.05, 3.63) is 54.2 Å². The van der Waals surface area contributed by atoms with Crippen LogP contribution in [0.4, 0.5) is 0 Å². The summed E-state index contributed by atoms with van der Waals surface area (Å²) in [7, 11) is -3.16. The van der Waals surface area contributed by atoms with E-state index in [4.69, 9.17) is 0 Å².